The normalized spacial score (nSPS) is 24.0. The maximum absolute atomic E-state index is 14.5. The Labute approximate surface area is 274 Å². The Balaban J connectivity index is 1.94. The highest BCUT2D eigenvalue weighted by Crippen LogP contribution is 2.45. The molecule has 1 aliphatic rings. The van der Waals surface area contributed by atoms with Crippen molar-refractivity contribution in [2.45, 2.75) is 104 Å². The van der Waals surface area contributed by atoms with Crippen LogP contribution in [0, 0.1) is 11.8 Å². The fraction of sp³-hybridized carbons (Fsp3) is 0.759. The van der Waals surface area contributed by atoms with Gasteiger partial charge in [-0.15, -0.1) is 0 Å². The molecule has 2 aromatic rings. The summed E-state index contributed by atoms with van der Waals surface area (Å²) in [4.78, 5) is 38.4. The monoisotopic (exact) mass is 687 g/mol. The zero-order valence-electron chi connectivity index (χ0n) is 28.3. The molecule has 0 saturated carbocycles. The number of ether oxygens (including phenoxy) is 4. The molecule has 3 rings (SSSR count). The van der Waals surface area contributed by atoms with E-state index in [1.54, 1.807) is 20.8 Å². The van der Waals surface area contributed by atoms with Gasteiger partial charge in [-0.25, -0.2) is 15.2 Å². The summed E-state index contributed by atoms with van der Waals surface area (Å²) in [5.41, 5.74) is 4.42. The Hall–Kier alpha value is -2.92. The van der Waals surface area contributed by atoms with E-state index in [1.165, 1.54) is 17.8 Å². The number of nitrogens with two attached hydrogens (primary N) is 1. The third-order valence-electron chi connectivity index (χ3n) is 7.32. The van der Waals surface area contributed by atoms with Crippen LogP contribution in [0.4, 0.5) is 5.95 Å². The van der Waals surface area contributed by atoms with Crippen molar-refractivity contribution >= 4 is 36.7 Å². The lowest BCUT2D eigenvalue weighted by atomic mass is 9.96. The third kappa shape index (κ3) is 9.59. The number of nitrogens with one attached hydrogen (secondary N) is 2. The van der Waals surface area contributed by atoms with Gasteiger partial charge >= 0.3 is 19.6 Å². The Morgan fingerprint density at radius 2 is 1.60 bits per heavy atom. The van der Waals surface area contributed by atoms with Gasteiger partial charge in [-0.05, 0) is 52.4 Å². The second-order valence-corrected chi connectivity index (χ2v) is 14.2. The minimum Gasteiger partial charge on any atom is -0.476 e. The van der Waals surface area contributed by atoms with Crippen molar-refractivity contribution in [3.63, 3.8) is 0 Å². The highest BCUT2D eigenvalue weighted by molar-refractivity contribution is 7.54. The number of carbonyl (C=O) groups is 2. The van der Waals surface area contributed by atoms with Crippen molar-refractivity contribution in [1.82, 2.24) is 29.7 Å². The first-order valence-electron chi connectivity index (χ1n) is 15.9. The first-order chi connectivity index (χ1) is 22.1. The minimum atomic E-state index is -4.31. The molecule has 0 radical (unpaired) electrons. The first kappa shape index (κ1) is 38.5. The predicted molar refractivity (Wildman–Crippen MR) is 171 cm³/mol. The molecule has 0 amide bonds. The van der Waals surface area contributed by atoms with E-state index in [2.05, 4.69) is 25.1 Å². The molecular formula is C29H50N7O10P. The molecule has 18 heteroatoms. The molecule has 47 heavy (non-hydrogen) atoms. The lowest BCUT2D eigenvalue weighted by Gasteiger charge is -2.30. The minimum absolute atomic E-state index is 0.0104. The summed E-state index contributed by atoms with van der Waals surface area (Å²) in [5, 5.41) is 28.2. The number of rotatable bonds is 18. The molecule has 6 atom stereocenters. The zero-order chi connectivity index (χ0) is 35.1. The number of aliphatic hydroxyl groups is 2. The van der Waals surface area contributed by atoms with Crippen molar-refractivity contribution in [3.8, 4) is 5.88 Å². The van der Waals surface area contributed by atoms with Gasteiger partial charge in [-0.1, -0.05) is 27.7 Å². The van der Waals surface area contributed by atoms with Gasteiger partial charge in [0.2, 0.25) is 11.8 Å². The largest absolute Gasteiger partial charge is 0.476 e. The highest BCUT2D eigenvalue weighted by atomic mass is 31.2. The van der Waals surface area contributed by atoms with Crippen molar-refractivity contribution in [1.29, 1.82) is 0 Å². The summed E-state index contributed by atoms with van der Waals surface area (Å²) >= 11 is 0. The van der Waals surface area contributed by atoms with Crippen LogP contribution in [0.3, 0.4) is 0 Å². The fourth-order valence-corrected chi connectivity index (χ4v) is 7.05. The molecule has 2 aromatic heterocycles. The molecule has 17 nitrogen and oxygen atoms in total. The Morgan fingerprint density at radius 3 is 2.09 bits per heavy atom. The number of hydrogen-bond acceptors (Lipinski definition) is 14. The maximum Gasteiger partial charge on any atom is 0.342 e. The van der Waals surface area contributed by atoms with Gasteiger partial charge in [0.25, 0.3) is 0 Å². The number of anilines is 1. The number of fused-ring (bicyclic) bond motifs is 1. The molecule has 0 aromatic carbocycles. The van der Waals surface area contributed by atoms with E-state index in [-0.39, 0.29) is 60.9 Å². The molecule has 1 aliphatic heterocycles. The molecule has 1 saturated heterocycles. The van der Waals surface area contributed by atoms with Gasteiger partial charge in [0, 0.05) is 0 Å². The van der Waals surface area contributed by atoms with Crippen LogP contribution >= 0.6 is 7.67 Å². The number of aliphatic hydroxyl groups excluding tert-OH is 1. The summed E-state index contributed by atoms with van der Waals surface area (Å²) in [5.74, 6) is -1.28. The van der Waals surface area contributed by atoms with Gasteiger partial charge in [-0.3, -0.25) is 18.7 Å². The van der Waals surface area contributed by atoms with Crippen LogP contribution in [0.2, 0.25) is 0 Å². The molecule has 0 aliphatic carbocycles. The third-order valence-corrected chi connectivity index (χ3v) is 9.14. The number of imidazole rings is 1. The smallest absolute Gasteiger partial charge is 0.342 e. The number of hydrogen-bond donors (Lipinski definition) is 5. The SMILES string of the molecule is CCOC(=O)C(CC(C)C)NP(=O)(NC(CC(C)C)C(=O)OCC)OC[C@H]1O[C@@H](n2cnc3c(OCC)nc(N)nc32)[C@](C)(O)[C@@H]1O. The number of esters is 2. The van der Waals surface area contributed by atoms with E-state index < -0.39 is 62.3 Å². The Kier molecular flexibility index (Phi) is 13.5. The molecule has 6 N–H and O–H groups in total. The molecule has 2 unspecified atom stereocenters. The first-order valence-corrected chi connectivity index (χ1v) is 17.5. The highest BCUT2D eigenvalue weighted by Gasteiger charge is 2.54. The van der Waals surface area contributed by atoms with Crippen molar-refractivity contribution in [2.75, 3.05) is 32.2 Å². The van der Waals surface area contributed by atoms with Crippen LogP contribution in [0.1, 0.15) is 74.5 Å². The average molecular weight is 688 g/mol. The number of carbonyl (C=O) groups excluding carboxylic acids is 2. The van der Waals surface area contributed by atoms with E-state index in [1.807, 2.05) is 27.7 Å². The van der Waals surface area contributed by atoms with Gasteiger partial charge in [0.15, 0.2) is 17.4 Å². The summed E-state index contributed by atoms with van der Waals surface area (Å²) in [6.45, 7) is 13.9. The van der Waals surface area contributed by atoms with Gasteiger partial charge in [-0.2, -0.15) is 9.97 Å². The molecule has 266 valence electrons. The standard InChI is InChI=1S/C29H50N7O10P/c1-9-42-24-21-23(32-28(30)33-24)36(15-31-21)27-29(8,40)22(37)20(46-27)14-45-47(41,34-18(12-16(4)5)25(38)43-10-2)35-19(13-17(6)7)26(39)44-11-3/h15-20,22,27,37,40H,9-14H2,1-8H3,(H2,30,32,33)(H2,34,35,41)/t18?,19?,20-,22-,27-,29-,47?/m1/s1. The molecule has 1 fully saturated rings. The van der Waals surface area contributed by atoms with Crippen LogP contribution < -0.4 is 20.6 Å². The van der Waals surface area contributed by atoms with Crippen molar-refractivity contribution < 1.29 is 47.8 Å². The number of nitrogen functional groups attached to an aromatic ring is 1. The van der Waals surface area contributed by atoms with E-state index in [0.29, 0.717) is 6.61 Å². The molecule has 0 bridgehead atoms. The zero-order valence-corrected chi connectivity index (χ0v) is 29.2. The lowest BCUT2D eigenvalue weighted by Crippen LogP contribution is -2.47. The summed E-state index contributed by atoms with van der Waals surface area (Å²) in [6.07, 6.45) is -2.23. The summed E-state index contributed by atoms with van der Waals surface area (Å²) in [7, 11) is -4.31. The van der Waals surface area contributed by atoms with E-state index in [9.17, 15) is 24.4 Å². The van der Waals surface area contributed by atoms with Crippen LogP contribution in [0.25, 0.3) is 11.2 Å². The second-order valence-electron chi connectivity index (χ2n) is 12.3. The lowest BCUT2D eigenvalue weighted by molar-refractivity contribution is -0.146. The number of nitrogens with zero attached hydrogens (tertiary/aromatic N) is 4. The summed E-state index contributed by atoms with van der Waals surface area (Å²) in [6, 6.07) is -2.13. The van der Waals surface area contributed by atoms with E-state index in [4.69, 9.17) is 29.2 Å². The Morgan fingerprint density at radius 1 is 1.04 bits per heavy atom. The van der Waals surface area contributed by atoms with Gasteiger partial charge in [0.05, 0.1) is 32.8 Å². The topological polar surface area (TPSA) is 232 Å². The van der Waals surface area contributed by atoms with Crippen LogP contribution in [0.15, 0.2) is 6.33 Å². The van der Waals surface area contributed by atoms with Crippen molar-refractivity contribution in [2.24, 2.45) is 11.8 Å². The quantitative estimate of drug-likeness (QED) is 0.111. The molecule has 3 heterocycles. The van der Waals surface area contributed by atoms with Crippen LogP contribution in [-0.2, 0) is 32.9 Å². The maximum atomic E-state index is 14.5. The average Bonchev–Trinajstić information content (AvgIpc) is 3.48. The predicted octanol–water partition coefficient (Wildman–Crippen LogP) is 2.08. The van der Waals surface area contributed by atoms with E-state index >= 15 is 0 Å². The summed E-state index contributed by atoms with van der Waals surface area (Å²) < 4.78 is 43.9. The van der Waals surface area contributed by atoms with Gasteiger partial charge in [0.1, 0.15) is 29.9 Å². The second kappa shape index (κ2) is 16.5. The molecular weight excluding hydrogens is 637 g/mol. The number of aromatic nitrogens is 4. The fourth-order valence-electron chi connectivity index (χ4n) is 5.23. The molecule has 0 spiro atoms. The Bertz CT molecular complexity index is 1370. The van der Waals surface area contributed by atoms with Gasteiger partial charge < -0.3 is 39.4 Å². The van der Waals surface area contributed by atoms with E-state index in [0.717, 1.165) is 0 Å². The van der Waals surface area contributed by atoms with Crippen LogP contribution in [0.5, 0.6) is 5.88 Å². The van der Waals surface area contributed by atoms with Crippen molar-refractivity contribution in [3.05, 3.63) is 6.33 Å². The van der Waals surface area contributed by atoms with Crippen LogP contribution in [-0.4, -0.2) is 98.0 Å².